The second-order valence-electron chi connectivity index (χ2n) is 2.42. The van der Waals surface area contributed by atoms with Crippen LogP contribution in [-0.2, 0) is 9.53 Å². The van der Waals surface area contributed by atoms with Crippen molar-refractivity contribution in [3.63, 3.8) is 0 Å². The summed E-state index contributed by atoms with van der Waals surface area (Å²) in [4.78, 5) is 25.6. The van der Waals surface area contributed by atoms with E-state index >= 15 is 0 Å². The molecule has 0 bridgehead atoms. The van der Waals surface area contributed by atoms with E-state index in [4.69, 9.17) is 4.42 Å². The van der Waals surface area contributed by atoms with E-state index in [1.54, 1.807) is 6.92 Å². The SMILES string of the molecule is COC(=O)CC(=O)c1cnc(C)o1. The van der Waals surface area contributed by atoms with Crippen molar-refractivity contribution in [3.8, 4) is 0 Å². The molecule has 0 amide bonds. The quantitative estimate of drug-likeness (QED) is 0.392. The summed E-state index contributed by atoms with van der Waals surface area (Å²) >= 11 is 0. The Hall–Kier alpha value is -1.65. The van der Waals surface area contributed by atoms with E-state index in [-0.39, 0.29) is 12.2 Å². The molecule has 1 aromatic rings. The summed E-state index contributed by atoms with van der Waals surface area (Å²) in [5, 5.41) is 0. The van der Waals surface area contributed by atoms with E-state index in [2.05, 4.69) is 9.72 Å². The largest absolute Gasteiger partial charge is 0.469 e. The van der Waals surface area contributed by atoms with Gasteiger partial charge in [-0.15, -0.1) is 0 Å². The highest BCUT2D eigenvalue weighted by Gasteiger charge is 2.15. The number of hydrogen-bond donors (Lipinski definition) is 0. The summed E-state index contributed by atoms with van der Waals surface area (Å²) < 4.78 is 9.25. The number of aryl methyl sites for hydroxylation is 1. The first-order chi connectivity index (χ1) is 6.13. The summed E-state index contributed by atoms with van der Waals surface area (Å²) in [7, 11) is 1.22. The van der Waals surface area contributed by atoms with Gasteiger partial charge in [0, 0.05) is 6.92 Å². The van der Waals surface area contributed by atoms with E-state index in [1.807, 2.05) is 0 Å². The summed E-state index contributed by atoms with van der Waals surface area (Å²) in [5.41, 5.74) is 0. The van der Waals surface area contributed by atoms with Gasteiger partial charge in [-0.3, -0.25) is 9.59 Å². The van der Waals surface area contributed by atoms with Gasteiger partial charge in [0.15, 0.2) is 11.7 Å². The number of oxazole rings is 1. The Morgan fingerprint density at radius 2 is 2.31 bits per heavy atom. The zero-order chi connectivity index (χ0) is 9.84. The zero-order valence-corrected chi connectivity index (χ0v) is 7.36. The summed E-state index contributed by atoms with van der Waals surface area (Å²) in [6.07, 6.45) is 0.978. The fraction of sp³-hybridized carbons (Fsp3) is 0.375. The lowest BCUT2D eigenvalue weighted by Gasteiger charge is -1.94. The highest BCUT2D eigenvalue weighted by atomic mass is 16.5. The lowest BCUT2D eigenvalue weighted by Crippen LogP contribution is -2.08. The number of hydrogen-bond acceptors (Lipinski definition) is 5. The maximum absolute atomic E-state index is 11.2. The number of carbonyl (C=O) groups is 2. The van der Waals surface area contributed by atoms with E-state index < -0.39 is 11.8 Å². The Labute approximate surface area is 74.7 Å². The Balaban J connectivity index is 2.64. The Bertz CT molecular complexity index is 329. The van der Waals surface area contributed by atoms with Crippen LogP contribution < -0.4 is 0 Å². The third-order valence-electron chi connectivity index (χ3n) is 1.43. The third kappa shape index (κ3) is 2.40. The van der Waals surface area contributed by atoms with E-state index in [0.717, 1.165) is 0 Å². The predicted octanol–water partition coefficient (Wildman–Crippen LogP) is 0.729. The molecule has 13 heavy (non-hydrogen) atoms. The maximum atomic E-state index is 11.2. The normalized spacial score (nSPS) is 9.69. The number of ketones is 1. The van der Waals surface area contributed by atoms with Crippen LogP contribution >= 0.6 is 0 Å². The van der Waals surface area contributed by atoms with Gasteiger partial charge in [-0.05, 0) is 0 Å². The number of aromatic nitrogens is 1. The molecule has 0 aliphatic carbocycles. The molecule has 0 aliphatic heterocycles. The Kier molecular flexibility index (Phi) is 2.79. The van der Waals surface area contributed by atoms with Crippen LogP contribution in [0, 0.1) is 6.92 Å². The van der Waals surface area contributed by atoms with Crippen LogP contribution in [-0.4, -0.2) is 23.8 Å². The van der Waals surface area contributed by atoms with E-state index in [0.29, 0.717) is 5.89 Å². The third-order valence-corrected chi connectivity index (χ3v) is 1.43. The van der Waals surface area contributed by atoms with Crippen molar-refractivity contribution in [1.29, 1.82) is 0 Å². The van der Waals surface area contributed by atoms with Gasteiger partial charge in [0.1, 0.15) is 6.42 Å². The molecule has 0 aromatic carbocycles. The Morgan fingerprint density at radius 1 is 1.62 bits per heavy atom. The number of esters is 1. The van der Waals surface area contributed by atoms with Gasteiger partial charge in [-0.2, -0.15) is 0 Å². The highest BCUT2D eigenvalue weighted by Crippen LogP contribution is 2.05. The van der Waals surface area contributed by atoms with Crippen molar-refractivity contribution in [2.24, 2.45) is 0 Å². The number of ether oxygens (including phenoxy) is 1. The van der Waals surface area contributed by atoms with E-state index in [1.165, 1.54) is 13.3 Å². The lowest BCUT2D eigenvalue weighted by molar-refractivity contribution is -0.139. The standard InChI is InChI=1S/C8H9NO4/c1-5-9-4-7(13-5)6(10)3-8(11)12-2/h4H,3H2,1-2H3. The number of nitrogens with zero attached hydrogens (tertiary/aromatic N) is 1. The molecular weight excluding hydrogens is 174 g/mol. The van der Waals surface area contributed by atoms with Crippen LogP contribution in [0.4, 0.5) is 0 Å². The van der Waals surface area contributed by atoms with Gasteiger partial charge in [0.05, 0.1) is 13.3 Å². The second kappa shape index (κ2) is 3.84. The van der Waals surface area contributed by atoms with Crippen molar-refractivity contribution in [2.75, 3.05) is 7.11 Å². The Morgan fingerprint density at radius 3 is 2.77 bits per heavy atom. The summed E-state index contributed by atoms with van der Waals surface area (Å²) in [6, 6.07) is 0. The van der Waals surface area contributed by atoms with Crippen LogP contribution in [0.3, 0.4) is 0 Å². The van der Waals surface area contributed by atoms with Crippen LogP contribution in [0.15, 0.2) is 10.6 Å². The molecule has 1 heterocycles. The maximum Gasteiger partial charge on any atom is 0.313 e. The average molecular weight is 183 g/mol. The molecule has 0 N–H and O–H groups in total. The fourth-order valence-corrected chi connectivity index (χ4v) is 0.781. The van der Waals surface area contributed by atoms with Gasteiger partial charge < -0.3 is 9.15 Å². The number of rotatable bonds is 3. The highest BCUT2D eigenvalue weighted by molar-refractivity contribution is 6.04. The topological polar surface area (TPSA) is 69.4 Å². The molecule has 0 atom stereocenters. The van der Waals surface area contributed by atoms with Crippen molar-refractivity contribution >= 4 is 11.8 Å². The average Bonchev–Trinajstić information content (AvgIpc) is 2.51. The second-order valence-corrected chi connectivity index (χ2v) is 2.42. The van der Waals surface area contributed by atoms with Crippen LogP contribution in [0.5, 0.6) is 0 Å². The molecule has 0 unspecified atom stereocenters. The van der Waals surface area contributed by atoms with Crippen molar-refractivity contribution in [1.82, 2.24) is 4.98 Å². The molecular formula is C8H9NO4. The summed E-state index contributed by atoms with van der Waals surface area (Å²) in [5.74, 6) is -0.525. The minimum absolute atomic E-state index is 0.0860. The van der Waals surface area contributed by atoms with Gasteiger partial charge in [-0.25, -0.2) is 4.98 Å². The fourth-order valence-electron chi connectivity index (χ4n) is 0.781. The first kappa shape index (κ1) is 9.44. The molecule has 0 radical (unpaired) electrons. The summed E-state index contributed by atoms with van der Waals surface area (Å²) in [6.45, 7) is 1.62. The van der Waals surface area contributed by atoms with Crippen molar-refractivity contribution in [3.05, 3.63) is 17.8 Å². The molecule has 0 saturated heterocycles. The van der Waals surface area contributed by atoms with Crippen LogP contribution in [0.25, 0.3) is 0 Å². The first-order valence-electron chi connectivity index (χ1n) is 3.66. The van der Waals surface area contributed by atoms with Crippen molar-refractivity contribution in [2.45, 2.75) is 13.3 Å². The molecule has 70 valence electrons. The monoisotopic (exact) mass is 183 g/mol. The number of Topliss-reactive ketones (excluding diaryl/α,β-unsaturated/α-hetero) is 1. The predicted molar refractivity (Wildman–Crippen MR) is 42.2 cm³/mol. The molecule has 1 rings (SSSR count). The first-order valence-corrected chi connectivity index (χ1v) is 3.66. The molecule has 0 fully saturated rings. The molecule has 0 spiro atoms. The van der Waals surface area contributed by atoms with Gasteiger partial charge >= 0.3 is 5.97 Å². The van der Waals surface area contributed by atoms with Crippen molar-refractivity contribution < 1.29 is 18.7 Å². The molecule has 0 aliphatic rings. The number of carbonyl (C=O) groups excluding carboxylic acids is 2. The zero-order valence-electron chi connectivity index (χ0n) is 7.36. The number of methoxy groups -OCH3 is 1. The minimum atomic E-state index is -0.584. The molecule has 1 aromatic heterocycles. The molecule has 5 heteroatoms. The van der Waals surface area contributed by atoms with E-state index in [9.17, 15) is 9.59 Å². The lowest BCUT2D eigenvalue weighted by atomic mass is 10.2. The molecule has 0 saturated carbocycles. The van der Waals surface area contributed by atoms with Gasteiger partial charge in [-0.1, -0.05) is 0 Å². The van der Waals surface area contributed by atoms with Crippen LogP contribution in [0.2, 0.25) is 0 Å². The minimum Gasteiger partial charge on any atom is -0.469 e. The molecule has 5 nitrogen and oxygen atoms in total. The van der Waals surface area contributed by atoms with Gasteiger partial charge in [0.25, 0.3) is 0 Å². The smallest absolute Gasteiger partial charge is 0.313 e. The van der Waals surface area contributed by atoms with Crippen LogP contribution in [0.1, 0.15) is 22.9 Å². The van der Waals surface area contributed by atoms with Gasteiger partial charge in [0.2, 0.25) is 5.78 Å².